The lowest BCUT2D eigenvalue weighted by molar-refractivity contribution is -0.116. The molecule has 0 bridgehead atoms. The van der Waals surface area contributed by atoms with Gasteiger partial charge in [0.15, 0.2) is 5.13 Å². The minimum Gasteiger partial charge on any atom is -0.492 e. The van der Waals surface area contributed by atoms with Crippen LogP contribution in [0.25, 0.3) is 10.2 Å². The van der Waals surface area contributed by atoms with Crippen molar-refractivity contribution in [1.82, 2.24) is 4.98 Å². The van der Waals surface area contributed by atoms with Crippen LogP contribution in [0.15, 0.2) is 40.9 Å². The number of nitrogens with one attached hydrogen (secondary N) is 1. The van der Waals surface area contributed by atoms with E-state index in [1.54, 1.807) is 0 Å². The second-order valence-corrected chi connectivity index (χ2v) is 7.81. The Bertz CT molecular complexity index is 908. The van der Waals surface area contributed by atoms with E-state index in [9.17, 15) is 4.79 Å². The second-order valence-electron chi connectivity index (χ2n) is 5.92. The van der Waals surface area contributed by atoms with Gasteiger partial charge in [0.25, 0.3) is 0 Å². The fraction of sp³-hybridized carbons (Fsp3) is 0.263. The van der Waals surface area contributed by atoms with Crippen LogP contribution in [0.2, 0.25) is 0 Å². The average Bonchev–Trinajstić information content (AvgIpc) is 2.94. The molecule has 4 nitrogen and oxygen atoms in total. The molecule has 0 atom stereocenters. The van der Waals surface area contributed by atoms with Crippen molar-refractivity contribution in [2.24, 2.45) is 0 Å². The van der Waals surface area contributed by atoms with E-state index < -0.39 is 0 Å². The molecule has 1 aromatic heterocycles. The number of carbonyl (C=O) groups excluding carboxylic acids is 1. The Balaban J connectivity index is 1.47. The molecule has 0 radical (unpaired) electrons. The van der Waals surface area contributed by atoms with E-state index in [1.165, 1.54) is 22.5 Å². The monoisotopic (exact) mass is 418 g/mol. The highest BCUT2D eigenvalue weighted by molar-refractivity contribution is 9.10. The number of thiazole rings is 1. The molecule has 6 heteroatoms. The van der Waals surface area contributed by atoms with Gasteiger partial charge in [0.1, 0.15) is 5.75 Å². The van der Waals surface area contributed by atoms with Crippen molar-refractivity contribution in [2.45, 2.75) is 26.7 Å². The third-order valence-electron chi connectivity index (χ3n) is 3.68. The maximum absolute atomic E-state index is 12.1. The summed E-state index contributed by atoms with van der Waals surface area (Å²) in [5.74, 6) is 0.759. The summed E-state index contributed by atoms with van der Waals surface area (Å²) >= 11 is 4.98. The quantitative estimate of drug-likeness (QED) is 0.539. The van der Waals surface area contributed by atoms with Crippen LogP contribution >= 0.6 is 27.3 Å². The molecular formula is C19H19BrN2O2S. The van der Waals surface area contributed by atoms with Gasteiger partial charge in [0.2, 0.25) is 5.91 Å². The highest BCUT2D eigenvalue weighted by Crippen LogP contribution is 2.27. The number of aromatic nitrogens is 1. The first-order chi connectivity index (χ1) is 12.0. The van der Waals surface area contributed by atoms with E-state index >= 15 is 0 Å². The zero-order chi connectivity index (χ0) is 17.8. The molecule has 0 saturated heterocycles. The van der Waals surface area contributed by atoms with Crippen molar-refractivity contribution in [3.05, 3.63) is 52.0 Å². The first-order valence-corrected chi connectivity index (χ1v) is 9.68. The number of rotatable bonds is 6. The Morgan fingerprint density at radius 3 is 2.76 bits per heavy atom. The van der Waals surface area contributed by atoms with E-state index in [0.29, 0.717) is 24.6 Å². The molecule has 3 aromatic rings. The number of halogens is 1. The van der Waals surface area contributed by atoms with Gasteiger partial charge in [-0.3, -0.25) is 4.79 Å². The first-order valence-electron chi connectivity index (χ1n) is 8.07. The number of anilines is 1. The molecule has 25 heavy (non-hydrogen) atoms. The minimum atomic E-state index is -0.0395. The molecule has 0 spiro atoms. The Morgan fingerprint density at radius 1 is 1.20 bits per heavy atom. The van der Waals surface area contributed by atoms with Crippen molar-refractivity contribution in [3.63, 3.8) is 0 Å². The van der Waals surface area contributed by atoms with Crippen LogP contribution in [0.5, 0.6) is 5.75 Å². The summed E-state index contributed by atoms with van der Waals surface area (Å²) in [5, 5.41) is 3.52. The molecule has 0 unspecified atom stereocenters. The third-order valence-corrected chi connectivity index (χ3v) is 5.24. The fourth-order valence-electron chi connectivity index (χ4n) is 2.40. The number of amides is 1. The largest absolute Gasteiger partial charge is 0.492 e. The minimum absolute atomic E-state index is 0.0395. The van der Waals surface area contributed by atoms with E-state index in [0.717, 1.165) is 20.4 Å². The summed E-state index contributed by atoms with van der Waals surface area (Å²) in [6.45, 7) is 4.57. The second kappa shape index (κ2) is 7.97. The van der Waals surface area contributed by atoms with Gasteiger partial charge < -0.3 is 10.1 Å². The summed E-state index contributed by atoms with van der Waals surface area (Å²) in [7, 11) is 0. The highest BCUT2D eigenvalue weighted by atomic mass is 79.9. The number of fused-ring (bicyclic) bond motifs is 1. The van der Waals surface area contributed by atoms with Crippen molar-refractivity contribution >= 4 is 48.5 Å². The average molecular weight is 419 g/mol. The number of benzene rings is 2. The molecule has 3 rings (SSSR count). The Morgan fingerprint density at radius 2 is 1.96 bits per heavy atom. The number of aryl methyl sites for hydroxylation is 2. The van der Waals surface area contributed by atoms with Gasteiger partial charge in [-0.25, -0.2) is 4.98 Å². The molecule has 2 aromatic carbocycles. The Hall–Kier alpha value is -1.92. The van der Waals surface area contributed by atoms with Gasteiger partial charge in [-0.2, -0.15) is 0 Å². The first kappa shape index (κ1) is 17.9. The van der Waals surface area contributed by atoms with Gasteiger partial charge in [-0.15, -0.1) is 0 Å². The summed E-state index contributed by atoms with van der Waals surface area (Å²) < 4.78 is 7.73. The summed E-state index contributed by atoms with van der Waals surface area (Å²) in [4.78, 5) is 16.5. The number of nitrogens with zero attached hydrogens (tertiary/aromatic N) is 1. The van der Waals surface area contributed by atoms with Gasteiger partial charge in [0.05, 0.1) is 21.3 Å². The van der Waals surface area contributed by atoms with Crippen LogP contribution in [0.1, 0.15) is 24.0 Å². The predicted molar refractivity (Wildman–Crippen MR) is 107 cm³/mol. The van der Waals surface area contributed by atoms with Crippen molar-refractivity contribution in [2.75, 3.05) is 11.9 Å². The molecule has 0 fully saturated rings. The van der Waals surface area contributed by atoms with E-state index in [-0.39, 0.29) is 5.91 Å². The normalized spacial score (nSPS) is 10.8. The molecule has 130 valence electrons. The predicted octanol–water partition coefficient (Wildman–Crippen LogP) is 5.47. The van der Waals surface area contributed by atoms with Crippen LogP contribution in [0.4, 0.5) is 5.13 Å². The maximum Gasteiger partial charge on any atom is 0.226 e. The zero-order valence-corrected chi connectivity index (χ0v) is 16.5. The molecule has 0 aliphatic rings. The lowest BCUT2D eigenvalue weighted by Crippen LogP contribution is -2.12. The smallest absolute Gasteiger partial charge is 0.226 e. The molecular weight excluding hydrogens is 400 g/mol. The van der Waals surface area contributed by atoms with E-state index in [4.69, 9.17) is 4.74 Å². The van der Waals surface area contributed by atoms with Crippen LogP contribution in [0, 0.1) is 13.8 Å². The number of ether oxygens (including phenoxy) is 1. The van der Waals surface area contributed by atoms with Crippen LogP contribution in [-0.2, 0) is 4.79 Å². The van der Waals surface area contributed by atoms with Gasteiger partial charge in [-0.1, -0.05) is 23.5 Å². The lowest BCUT2D eigenvalue weighted by Gasteiger charge is -2.08. The van der Waals surface area contributed by atoms with E-state index in [1.807, 2.05) is 44.2 Å². The van der Waals surface area contributed by atoms with Crippen LogP contribution in [0.3, 0.4) is 0 Å². The topological polar surface area (TPSA) is 51.2 Å². The SMILES string of the molecule is Cc1ccc(OCCCC(=O)Nc2nc3ccc(C)cc3s2)c(Br)c1. The van der Waals surface area contributed by atoms with Crippen LogP contribution < -0.4 is 10.1 Å². The highest BCUT2D eigenvalue weighted by Gasteiger charge is 2.08. The number of carbonyl (C=O) groups is 1. The molecule has 1 heterocycles. The maximum atomic E-state index is 12.1. The van der Waals surface area contributed by atoms with Crippen LogP contribution in [-0.4, -0.2) is 17.5 Å². The fourth-order valence-corrected chi connectivity index (χ4v) is 3.99. The molecule has 1 amide bonds. The molecule has 0 saturated carbocycles. The summed E-state index contributed by atoms with van der Waals surface area (Å²) in [6.07, 6.45) is 1.05. The van der Waals surface area contributed by atoms with Gasteiger partial charge in [0, 0.05) is 6.42 Å². The Kier molecular flexibility index (Phi) is 5.71. The summed E-state index contributed by atoms with van der Waals surface area (Å²) in [6, 6.07) is 12.0. The van der Waals surface area contributed by atoms with Crippen molar-refractivity contribution in [3.8, 4) is 5.75 Å². The van der Waals surface area contributed by atoms with Crippen molar-refractivity contribution < 1.29 is 9.53 Å². The molecule has 0 aliphatic heterocycles. The number of hydrogen-bond donors (Lipinski definition) is 1. The van der Waals surface area contributed by atoms with Crippen molar-refractivity contribution in [1.29, 1.82) is 0 Å². The third kappa shape index (κ3) is 4.80. The Labute approximate surface area is 159 Å². The zero-order valence-electron chi connectivity index (χ0n) is 14.1. The number of hydrogen-bond acceptors (Lipinski definition) is 4. The standard InChI is InChI=1S/C19H19BrN2O2S/c1-12-6-8-16(14(20)10-12)24-9-3-4-18(23)22-19-21-15-7-5-13(2)11-17(15)25-19/h5-8,10-11H,3-4,9H2,1-2H3,(H,21,22,23). The summed E-state index contributed by atoms with van der Waals surface area (Å²) in [5.41, 5.74) is 3.27. The molecule has 0 aliphatic carbocycles. The van der Waals surface area contributed by atoms with Gasteiger partial charge >= 0.3 is 0 Å². The lowest BCUT2D eigenvalue weighted by atomic mass is 10.2. The van der Waals surface area contributed by atoms with E-state index in [2.05, 4.69) is 32.3 Å². The van der Waals surface area contributed by atoms with Gasteiger partial charge in [-0.05, 0) is 71.6 Å². The molecule has 1 N–H and O–H groups in total.